The van der Waals surface area contributed by atoms with Gasteiger partial charge in [-0.25, -0.2) is 4.98 Å². The van der Waals surface area contributed by atoms with E-state index in [-0.39, 0.29) is 0 Å². The number of hydrogen-bond donors (Lipinski definition) is 0. The number of pyridine rings is 1. The highest BCUT2D eigenvalue weighted by molar-refractivity contribution is 5.77. The predicted octanol–water partition coefficient (Wildman–Crippen LogP) is 5.95. The molecule has 4 aromatic rings. The van der Waals surface area contributed by atoms with Crippen molar-refractivity contribution in [3.05, 3.63) is 103 Å². The van der Waals surface area contributed by atoms with Crippen LogP contribution in [0.15, 0.2) is 97.1 Å². The molecule has 0 saturated carbocycles. The number of benzene rings is 3. The van der Waals surface area contributed by atoms with Gasteiger partial charge in [-0.05, 0) is 35.4 Å². The molecule has 3 aromatic carbocycles. The second-order valence-electron chi connectivity index (χ2n) is 6.05. The van der Waals surface area contributed by atoms with Crippen molar-refractivity contribution in [2.45, 2.75) is 0 Å². The van der Waals surface area contributed by atoms with Crippen LogP contribution in [0.4, 0.5) is 0 Å². The summed E-state index contributed by atoms with van der Waals surface area (Å²) < 4.78 is 0. The fourth-order valence-electron chi connectivity index (χ4n) is 2.98. The second-order valence-corrected chi connectivity index (χ2v) is 6.05. The molecule has 122 valence electrons. The molecular formula is C24H16N2. The Morgan fingerprint density at radius 3 is 1.62 bits per heavy atom. The average molecular weight is 332 g/mol. The molecule has 0 unspecified atom stereocenters. The lowest BCUT2D eigenvalue weighted by molar-refractivity contribution is 1.32. The minimum Gasteiger partial charge on any atom is -0.248 e. The lowest BCUT2D eigenvalue weighted by atomic mass is 9.99. The van der Waals surface area contributed by atoms with Crippen LogP contribution in [0.5, 0.6) is 0 Å². The molecule has 0 spiro atoms. The highest BCUT2D eigenvalue weighted by atomic mass is 14.7. The predicted molar refractivity (Wildman–Crippen MR) is 105 cm³/mol. The first-order valence-corrected chi connectivity index (χ1v) is 8.47. The number of aromatic nitrogens is 1. The largest absolute Gasteiger partial charge is 0.248 e. The smallest absolute Gasteiger partial charge is 0.0991 e. The maximum Gasteiger partial charge on any atom is 0.0991 e. The molecule has 4 rings (SSSR count). The van der Waals surface area contributed by atoms with Gasteiger partial charge < -0.3 is 0 Å². The van der Waals surface area contributed by atoms with E-state index in [2.05, 4.69) is 42.5 Å². The maximum atomic E-state index is 9.21. The van der Waals surface area contributed by atoms with Crippen LogP contribution in [0.1, 0.15) is 5.56 Å². The Balaban J connectivity index is 1.92. The number of hydrogen-bond acceptors (Lipinski definition) is 2. The Morgan fingerprint density at radius 2 is 1.08 bits per heavy atom. The summed E-state index contributed by atoms with van der Waals surface area (Å²) in [7, 11) is 0. The molecule has 0 bridgehead atoms. The van der Waals surface area contributed by atoms with E-state index in [4.69, 9.17) is 4.98 Å². The van der Waals surface area contributed by atoms with Crippen molar-refractivity contribution < 1.29 is 0 Å². The third kappa shape index (κ3) is 3.24. The van der Waals surface area contributed by atoms with E-state index in [1.165, 1.54) is 0 Å². The van der Waals surface area contributed by atoms with Crippen molar-refractivity contribution in [3.63, 3.8) is 0 Å². The van der Waals surface area contributed by atoms with Gasteiger partial charge in [0.25, 0.3) is 0 Å². The van der Waals surface area contributed by atoms with Gasteiger partial charge in [-0.1, -0.05) is 72.8 Å². The maximum absolute atomic E-state index is 9.21. The van der Waals surface area contributed by atoms with Gasteiger partial charge >= 0.3 is 0 Å². The monoisotopic (exact) mass is 332 g/mol. The third-order valence-electron chi connectivity index (χ3n) is 4.29. The molecule has 0 N–H and O–H groups in total. The van der Waals surface area contributed by atoms with Gasteiger partial charge in [0, 0.05) is 11.1 Å². The zero-order valence-corrected chi connectivity index (χ0v) is 14.1. The van der Waals surface area contributed by atoms with Gasteiger partial charge in [0.05, 0.1) is 23.0 Å². The molecule has 0 fully saturated rings. The molecule has 0 atom stereocenters. The molecule has 0 aliphatic heterocycles. The molecule has 0 radical (unpaired) electrons. The summed E-state index contributed by atoms with van der Waals surface area (Å²) in [5.74, 6) is 0. The van der Waals surface area contributed by atoms with E-state index >= 15 is 0 Å². The fraction of sp³-hybridized carbons (Fsp3) is 0. The van der Waals surface area contributed by atoms with Gasteiger partial charge in [-0.15, -0.1) is 0 Å². The molecule has 2 heteroatoms. The normalized spacial score (nSPS) is 10.3. The molecule has 1 heterocycles. The Morgan fingerprint density at radius 1 is 0.538 bits per heavy atom. The van der Waals surface area contributed by atoms with Crippen molar-refractivity contribution in [2.75, 3.05) is 0 Å². The minimum atomic E-state index is 0.654. The lowest BCUT2D eigenvalue weighted by Crippen LogP contribution is -1.91. The molecule has 0 amide bonds. The van der Waals surface area contributed by atoms with E-state index in [1.54, 1.807) is 0 Å². The molecule has 2 nitrogen and oxygen atoms in total. The Hall–Kier alpha value is -3.70. The van der Waals surface area contributed by atoms with Crippen LogP contribution in [0.3, 0.4) is 0 Å². The van der Waals surface area contributed by atoms with Crippen molar-refractivity contribution >= 4 is 0 Å². The molecule has 0 aliphatic carbocycles. The number of rotatable bonds is 3. The molecular weight excluding hydrogens is 316 g/mol. The zero-order valence-electron chi connectivity index (χ0n) is 14.1. The first kappa shape index (κ1) is 15.8. The number of nitrogens with zero attached hydrogens (tertiary/aromatic N) is 2. The van der Waals surface area contributed by atoms with Crippen molar-refractivity contribution in [1.82, 2.24) is 4.98 Å². The van der Waals surface area contributed by atoms with Crippen LogP contribution in [0.2, 0.25) is 0 Å². The van der Waals surface area contributed by atoms with Crippen LogP contribution in [0.25, 0.3) is 33.6 Å². The standard InChI is InChI=1S/C24H16N2/c25-17-18-8-7-13-21(14-18)22-15-23(19-9-3-1-4-10-19)26-24(16-22)20-11-5-2-6-12-20/h1-16H. The first-order valence-electron chi connectivity index (χ1n) is 8.47. The van der Waals surface area contributed by atoms with Gasteiger partial charge in [0.1, 0.15) is 0 Å². The van der Waals surface area contributed by atoms with E-state index < -0.39 is 0 Å². The van der Waals surface area contributed by atoms with Crippen molar-refractivity contribution in [1.29, 1.82) is 5.26 Å². The van der Waals surface area contributed by atoms with Crippen molar-refractivity contribution in [2.24, 2.45) is 0 Å². The van der Waals surface area contributed by atoms with Gasteiger partial charge in [-0.2, -0.15) is 5.26 Å². The summed E-state index contributed by atoms with van der Waals surface area (Å²) in [6.45, 7) is 0. The van der Waals surface area contributed by atoms with Crippen LogP contribution in [0, 0.1) is 11.3 Å². The van der Waals surface area contributed by atoms with Crippen LogP contribution in [-0.2, 0) is 0 Å². The summed E-state index contributed by atoms with van der Waals surface area (Å²) >= 11 is 0. The highest BCUT2D eigenvalue weighted by Gasteiger charge is 2.09. The molecule has 26 heavy (non-hydrogen) atoms. The summed E-state index contributed by atoms with van der Waals surface area (Å²) in [6, 6.07) is 34.4. The lowest BCUT2D eigenvalue weighted by Gasteiger charge is -2.10. The van der Waals surface area contributed by atoms with E-state index in [0.717, 1.165) is 33.6 Å². The highest BCUT2D eigenvalue weighted by Crippen LogP contribution is 2.30. The van der Waals surface area contributed by atoms with Gasteiger partial charge in [0.15, 0.2) is 0 Å². The van der Waals surface area contributed by atoms with E-state index in [0.29, 0.717) is 5.56 Å². The Bertz CT molecular complexity index is 1020. The van der Waals surface area contributed by atoms with Crippen LogP contribution >= 0.6 is 0 Å². The topological polar surface area (TPSA) is 36.7 Å². The van der Waals surface area contributed by atoms with Crippen molar-refractivity contribution in [3.8, 4) is 39.7 Å². The molecule has 0 aliphatic rings. The van der Waals surface area contributed by atoms with Gasteiger partial charge in [0.2, 0.25) is 0 Å². The van der Waals surface area contributed by atoms with Gasteiger partial charge in [-0.3, -0.25) is 0 Å². The quantitative estimate of drug-likeness (QED) is 0.464. The summed E-state index contributed by atoms with van der Waals surface area (Å²) in [6.07, 6.45) is 0. The minimum absolute atomic E-state index is 0.654. The first-order chi connectivity index (χ1) is 12.8. The number of nitriles is 1. The third-order valence-corrected chi connectivity index (χ3v) is 4.29. The average Bonchev–Trinajstić information content (AvgIpc) is 2.75. The van der Waals surface area contributed by atoms with E-state index in [1.807, 2.05) is 60.7 Å². The zero-order chi connectivity index (χ0) is 17.8. The Kier molecular flexibility index (Phi) is 4.28. The Labute approximate surface area is 153 Å². The molecule has 1 aromatic heterocycles. The van der Waals surface area contributed by atoms with Crippen LogP contribution < -0.4 is 0 Å². The van der Waals surface area contributed by atoms with Crippen LogP contribution in [-0.4, -0.2) is 4.98 Å². The fourth-order valence-corrected chi connectivity index (χ4v) is 2.98. The molecule has 0 saturated heterocycles. The summed E-state index contributed by atoms with van der Waals surface area (Å²) in [5.41, 5.74) is 6.71. The SMILES string of the molecule is N#Cc1cccc(-c2cc(-c3ccccc3)nc(-c3ccccc3)c2)c1. The second kappa shape index (κ2) is 7.04. The summed E-state index contributed by atoms with van der Waals surface area (Å²) in [4.78, 5) is 4.88. The van der Waals surface area contributed by atoms with E-state index in [9.17, 15) is 5.26 Å². The summed E-state index contributed by atoms with van der Waals surface area (Å²) in [5, 5.41) is 9.21.